The number of nitrogens with zero attached hydrogens (tertiary/aromatic N) is 2. The number of benzene rings is 1. The first kappa shape index (κ1) is 12.6. The fourth-order valence-electron chi connectivity index (χ4n) is 1.81. The zero-order valence-corrected chi connectivity index (χ0v) is 12.0. The first-order chi connectivity index (χ1) is 8.11. The molecule has 1 unspecified atom stereocenters. The average molecular weight is 315 g/mol. The fraction of sp³-hybridized carbons (Fsp3) is 0.250. The topological polar surface area (TPSA) is 29.9 Å². The average Bonchev–Trinajstić information content (AvgIpc) is 2.71. The summed E-state index contributed by atoms with van der Waals surface area (Å²) in [5.74, 6) is 0. The maximum atomic E-state index is 6.11. The van der Waals surface area contributed by atoms with Crippen molar-refractivity contribution in [1.29, 1.82) is 0 Å². The molecule has 1 N–H and O–H groups in total. The molecular formula is C12H13BrClN3. The van der Waals surface area contributed by atoms with Crippen LogP contribution in [0.15, 0.2) is 35.1 Å². The van der Waals surface area contributed by atoms with Gasteiger partial charge in [-0.3, -0.25) is 4.68 Å². The second-order valence-corrected chi connectivity index (χ2v) is 5.10. The Morgan fingerprint density at radius 2 is 2.18 bits per heavy atom. The normalized spacial score (nSPS) is 12.7. The molecule has 90 valence electrons. The summed E-state index contributed by atoms with van der Waals surface area (Å²) in [6.45, 7) is 0. The first-order valence-electron chi connectivity index (χ1n) is 5.22. The highest BCUT2D eigenvalue weighted by atomic mass is 79.9. The monoisotopic (exact) mass is 313 g/mol. The summed E-state index contributed by atoms with van der Waals surface area (Å²) in [7, 11) is 3.83. The van der Waals surface area contributed by atoms with Gasteiger partial charge in [-0.25, -0.2) is 0 Å². The van der Waals surface area contributed by atoms with Crippen LogP contribution in [-0.2, 0) is 7.05 Å². The van der Waals surface area contributed by atoms with Gasteiger partial charge in [0.25, 0.3) is 0 Å². The summed E-state index contributed by atoms with van der Waals surface area (Å²) in [6.07, 6.45) is 3.86. The lowest BCUT2D eigenvalue weighted by atomic mass is 10.0. The van der Waals surface area contributed by atoms with Crippen LogP contribution in [0.4, 0.5) is 0 Å². The molecule has 0 saturated heterocycles. The summed E-state index contributed by atoms with van der Waals surface area (Å²) < 4.78 is 2.70. The summed E-state index contributed by atoms with van der Waals surface area (Å²) in [5.41, 5.74) is 2.24. The van der Waals surface area contributed by atoms with Gasteiger partial charge in [-0.15, -0.1) is 0 Å². The molecule has 2 aromatic rings. The Morgan fingerprint density at radius 1 is 1.41 bits per heavy atom. The van der Waals surface area contributed by atoms with Crippen LogP contribution < -0.4 is 5.32 Å². The molecule has 0 saturated carbocycles. The Labute approximate surface area is 114 Å². The Bertz CT molecular complexity index is 524. The van der Waals surface area contributed by atoms with Crippen molar-refractivity contribution in [2.75, 3.05) is 7.05 Å². The molecule has 1 heterocycles. The third-order valence-electron chi connectivity index (χ3n) is 2.62. The lowest BCUT2D eigenvalue weighted by Crippen LogP contribution is -2.17. The number of nitrogens with one attached hydrogen (secondary N) is 1. The van der Waals surface area contributed by atoms with Crippen molar-refractivity contribution in [3.05, 3.63) is 51.2 Å². The van der Waals surface area contributed by atoms with Crippen LogP contribution >= 0.6 is 27.5 Å². The van der Waals surface area contributed by atoms with Crippen LogP contribution in [0.2, 0.25) is 5.02 Å². The maximum Gasteiger partial charge on any atom is 0.0606 e. The number of hydrogen-bond donors (Lipinski definition) is 1. The lowest BCUT2D eigenvalue weighted by molar-refractivity contribution is 0.689. The van der Waals surface area contributed by atoms with Gasteiger partial charge in [-0.2, -0.15) is 5.10 Å². The number of aryl methyl sites for hydroxylation is 1. The minimum atomic E-state index is 0.106. The van der Waals surface area contributed by atoms with Gasteiger partial charge in [-0.1, -0.05) is 17.7 Å². The minimum absolute atomic E-state index is 0.106. The third kappa shape index (κ3) is 2.70. The molecular weight excluding hydrogens is 302 g/mol. The van der Waals surface area contributed by atoms with E-state index in [0.29, 0.717) is 5.02 Å². The van der Waals surface area contributed by atoms with Gasteiger partial charge in [0.15, 0.2) is 0 Å². The van der Waals surface area contributed by atoms with Crippen LogP contribution in [0.3, 0.4) is 0 Å². The zero-order chi connectivity index (χ0) is 12.4. The molecule has 1 aromatic carbocycles. The Morgan fingerprint density at radius 3 is 2.71 bits per heavy atom. The predicted octanol–water partition coefficient (Wildman–Crippen LogP) is 3.14. The van der Waals surface area contributed by atoms with Crippen molar-refractivity contribution in [2.45, 2.75) is 6.04 Å². The molecule has 5 heteroatoms. The summed E-state index contributed by atoms with van der Waals surface area (Å²) in [4.78, 5) is 0. The quantitative estimate of drug-likeness (QED) is 0.943. The van der Waals surface area contributed by atoms with E-state index in [4.69, 9.17) is 11.6 Å². The third-order valence-corrected chi connectivity index (χ3v) is 3.86. The van der Waals surface area contributed by atoms with Gasteiger partial charge >= 0.3 is 0 Å². The van der Waals surface area contributed by atoms with Gasteiger partial charge in [0.1, 0.15) is 0 Å². The fourth-order valence-corrected chi connectivity index (χ4v) is 2.24. The van der Waals surface area contributed by atoms with Crippen LogP contribution in [-0.4, -0.2) is 16.8 Å². The van der Waals surface area contributed by atoms with Crippen LogP contribution in [0.5, 0.6) is 0 Å². The Kier molecular flexibility index (Phi) is 3.86. The van der Waals surface area contributed by atoms with Crippen molar-refractivity contribution in [2.24, 2.45) is 7.05 Å². The van der Waals surface area contributed by atoms with E-state index in [1.807, 2.05) is 44.7 Å². The van der Waals surface area contributed by atoms with E-state index in [1.165, 1.54) is 0 Å². The second kappa shape index (κ2) is 5.21. The molecule has 3 nitrogen and oxygen atoms in total. The molecule has 0 aliphatic rings. The van der Waals surface area contributed by atoms with Crippen molar-refractivity contribution in [3.8, 4) is 0 Å². The molecule has 0 spiro atoms. The van der Waals surface area contributed by atoms with E-state index < -0.39 is 0 Å². The second-order valence-electron chi connectivity index (χ2n) is 3.84. The van der Waals surface area contributed by atoms with E-state index >= 15 is 0 Å². The maximum absolute atomic E-state index is 6.11. The molecule has 1 atom stereocenters. The SMILES string of the molecule is CNC(c1ccc(Br)c(Cl)c1)c1cnn(C)c1. The highest BCUT2D eigenvalue weighted by Crippen LogP contribution is 2.28. The van der Waals surface area contributed by atoms with Crippen molar-refractivity contribution < 1.29 is 0 Å². The summed E-state index contributed by atoms with van der Waals surface area (Å²) >= 11 is 9.50. The van der Waals surface area contributed by atoms with Gasteiger partial charge in [0.05, 0.1) is 17.3 Å². The highest BCUT2D eigenvalue weighted by molar-refractivity contribution is 9.10. The highest BCUT2D eigenvalue weighted by Gasteiger charge is 2.14. The number of halogens is 2. The lowest BCUT2D eigenvalue weighted by Gasteiger charge is -2.15. The Balaban J connectivity index is 2.38. The van der Waals surface area contributed by atoms with Gasteiger partial charge < -0.3 is 5.32 Å². The van der Waals surface area contributed by atoms with E-state index in [9.17, 15) is 0 Å². The smallest absolute Gasteiger partial charge is 0.0606 e. The molecule has 0 fully saturated rings. The summed E-state index contributed by atoms with van der Waals surface area (Å²) in [5, 5.41) is 8.17. The van der Waals surface area contributed by atoms with E-state index in [-0.39, 0.29) is 6.04 Å². The van der Waals surface area contributed by atoms with Crippen LogP contribution in [0.1, 0.15) is 17.2 Å². The van der Waals surface area contributed by atoms with Gasteiger partial charge in [0, 0.05) is 23.3 Å². The molecule has 17 heavy (non-hydrogen) atoms. The molecule has 0 amide bonds. The van der Waals surface area contributed by atoms with E-state index in [2.05, 4.69) is 26.3 Å². The largest absolute Gasteiger partial charge is 0.309 e. The molecule has 0 aliphatic carbocycles. The minimum Gasteiger partial charge on any atom is -0.309 e. The molecule has 1 aromatic heterocycles. The zero-order valence-electron chi connectivity index (χ0n) is 9.61. The predicted molar refractivity (Wildman–Crippen MR) is 73.3 cm³/mol. The van der Waals surface area contributed by atoms with Gasteiger partial charge in [-0.05, 0) is 40.7 Å². The number of hydrogen-bond acceptors (Lipinski definition) is 2. The molecule has 0 bridgehead atoms. The molecule has 2 rings (SSSR count). The van der Waals surface area contributed by atoms with Crippen LogP contribution in [0, 0.1) is 0 Å². The van der Waals surface area contributed by atoms with Gasteiger partial charge in [0.2, 0.25) is 0 Å². The standard InChI is InChI=1S/C12H13BrClN3/c1-15-12(9-6-16-17(2)7-9)8-3-4-10(13)11(14)5-8/h3-7,12,15H,1-2H3. The number of aromatic nitrogens is 2. The molecule has 0 aliphatic heterocycles. The first-order valence-corrected chi connectivity index (χ1v) is 6.39. The Hall–Kier alpha value is -0.840. The summed E-state index contributed by atoms with van der Waals surface area (Å²) in [6, 6.07) is 6.07. The number of rotatable bonds is 3. The van der Waals surface area contributed by atoms with E-state index in [0.717, 1.165) is 15.6 Å². The van der Waals surface area contributed by atoms with Crippen molar-refractivity contribution in [1.82, 2.24) is 15.1 Å². The van der Waals surface area contributed by atoms with Crippen molar-refractivity contribution >= 4 is 27.5 Å². The molecule has 0 radical (unpaired) electrons. The van der Waals surface area contributed by atoms with Crippen LogP contribution in [0.25, 0.3) is 0 Å². The van der Waals surface area contributed by atoms with E-state index in [1.54, 1.807) is 4.68 Å². The van der Waals surface area contributed by atoms with Crippen molar-refractivity contribution in [3.63, 3.8) is 0 Å².